The van der Waals surface area contributed by atoms with E-state index in [9.17, 15) is 4.79 Å². The lowest BCUT2D eigenvalue weighted by Crippen LogP contribution is -2.51. The number of benzene rings is 1. The summed E-state index contributed by atoms with van der Waals surface area (Å²) in [6.45, 7) is 8.39. The number of hydrogen-bond acceptors (Lipinski definition) is 5. The number of rotatable bonds is 2. The summed E-state index contributed by atoms with van der Waals surface area (Å²) in [4.78, 5) is 23.3. The molecular formula is C15H21N5O. The highest BCUT2D eigenvalue weighted by atomic mass is 16.1. The number of nitrogens with two attached hydrogens (primary N) is 1. The largest absolute Gasteiger partial charge is 0.397 e. The minimum atomic E-state index is -0.151. The van der Waals surface area contributed by atoms with Crippen molar-refractivity contribution in [2.75, 3.05) is 36.8 Å². The van der Waals surface area contributed by atoms with Gasteiger partial charge in [-0.25, -0.2) is 4.98 Å². The van der Waals surface area contributed by atoms with Crippen LogP contribution >= 0.6 is 0 Å². The van der Waals surface area contributed by atoms with E-state index in [0.717, 1.165) is 31.9 Å². The first-order valence-electron chi connectivity index (χ1n) is 7.36. The molecule has 1 atom stereocenters. The van der Waals surface area contributed by atoms with Crippen LogP contribution in [0.3, 0.4) is 0 Å². The van der Waals surface area contributed by atoms with Crippen LogP contribution in [0.5, 0.6) is 0 Å². The second-order valence-corrected chi connectivity index (χ2v) is 5.58. The average molecular weight is 287 g/mol. The lowest BCUT2D eigenvalue weighted by atomic mass is 10.1. The van der Waals surface area contributed by atoms with Gasteiger partial charge >= 0.3 is 0 Å². The molecule has 112 valence electrons. The van der Waals surface area contributed by atoms with E-state index >= 15 is 0 Å². The Morgan fingerprint density at radius 1 is 1.43 bits per heavy atom. The molecular weight excluding hydrogens is 266 g/mol. The molecule has 1 saturated heterocycles. The van der Waals surface area contributed by atoms with Gasteiger partial charge in [-0.1, -0.05) is 6.92 Å². The van der Waals surface area contributed by atoms with E-state index in [1.54, 1.807) is 6.07 Å². The summed E-state index contributed by atoms with van der Waals surface area (Å²) in [5.74, 6) is 0. The van der Waals surface area contributed by atoms with E-state index in [0.29, 0.717) is 22.6 Å². The lowest BCUT2D eigenvalue weighted by molar-refractivity contribution is 0.199. The fourth-order valence-electron chi connectivity index (χ4n) is 3.08. The lowest BCUT2D eigenvalue weighted by Gasteiger charge is -2.40. The van der Waals surface area contributed by atoms with E-state index in [2.05, 4.69) is 33.6 Å². The molecule has 3 N–H and O–H groups in total. The van der Waals surface area contributed by atoms with Gasteiger partial charge in [0.2, 0.25) is 0 Å². The molecule has 0 aliphatic carbocycles. The molecule has 2 aromatic rings. The highest BCUT2D eigenvalue weighted by Crippen LogP contribution is 2.28. The summed E-state index contributed by atoms with van der Waals surface area (Å²) in [5, 5.41) is 0.541. The van der Waals surface area contributed by atoms with Crippen LogP contribution in [0.15, 0.2) is 23.3 Å². The maximum absolute atomic E-state index is 11.8. The standard InChI is InChI=1S/C15H21N5O/c1-3-19-4-5-20(8-10(19)2)14-7-13-11(6-12(14)16)15(21)18-9-17-13/h6-7,9-10H,3-5,8,16H2,1-2H3,(H,17,18,21). The number of likely N-dealkylation sites (N-methyl/N-ethyl adjacent to an activating group) is 1. The quantitative estimate of drug-likeness (QED) is 0.807. The first-order chi connectivity index (χ1) is 10.1. The molecule has 0 spiro atoms. The van der Waals surface area contributed by atoms with Crippen molar-refractivity contribution in [2.45, 2.75) is 19.9 Å². The van der Waals surface area contributed by atoms with Crippen molar-refractivity contribution in [3.05, 3.63) is 28.8 Å². The van der Waals surface area contributed by atoms with E-state index in [1.807, 2.05) is 6.07 Å². The Kier molecular flexibility index (Phi) is 3.55. The van der Waals surface area contributed by atoms with E-state index < -0.39 is 0 Å². The maximum atomic E-state index is 11.8. The summed E-state index contributed by atoms with van der Waals surface area (Å²) >= 11 is 0. The molecule has 6 heteroatoms. The normalized spacial score (nSPS) is 20.1. The predicted octanol–water partition coefficient (Wildman–Crippen LogP) is 1.04. The highest BCUT2D eigenvalue weighted by Gasteiger charge is 2.24. The number of hydrogen-bond donors (Lipinski definition) is 2. The van der Waals surface area contributed by atoms with Crippen molar-refractivity contribution >= 4 is 22.3 Å². The molecule has 0 bridgehead atoms. The summed E-state index contributed by atoms with van der Waals surface area (Å²) in [7, 11) is 0. The third-order valence-electron chi connectivity index (χ3n) is 4.30. The zero-order valence-corrected chi connectivity index (χ0v) is 12.5. The van der Waals surface area contributed by atoms with Crippen molar-refractivity contribution in [1.82, 2.24) is 14.9 Å². The third kappa shape index (κ3) is 2.47. The first kappa shape index (κ1) is 13.9. The van der Waals surface area contributed by atoms with Crippen LogP contribution in [-0.4, -0.2) is 47.1 Å². The Morgan fingerprint density at radius 3 is 2.95 bits per heavy atom. The van der Waals surface area contributed by atoms with Crippen molar-refractivity contribution in [3.63, 3.8) is 0 Å². The molecule has 1 unspecified atom stereocenters. The van der Waals surface area contributed by atoms with E-state index in [-0.39, 0.29) is 5.56 Å². The SMILES string of the molecule is CCN1CCN(c2cc3nc[nH]c(=O)c3cc2N)CC1C. The van der Waals surface area contributed by atoms with Crippen molar-refractivity contribution < 1.29 is 0 Å². The first-order valence-corrected chi connectivity index (χ1v) is 7.36. The number of nitrogen functional groups attached to an aromatic ring is 1. The molecule has 0 saturated carbocycles. The Morgan fingerprint density at radius 2 is 2.24 bits per heavy atom. The molecule has 1 fully saturated rings. The Hall–Kier alpha value is -2.08. The summed E-state index contributed by atoms with van der Waals surface area (Å²) in [6, 6.07) is 4.15. The van der Waals surface area contributed by atoms with Crippen molar-refractivity contribution in [2.24, 2.45) is 0 Å². The van der Waals surface area contributed by atoms with E-state index in [1.165, 1.54) is 6.33 Å². The van der Waals surface area contributed by atoms with Gasteiger partial charge in [-0.15, -0.1) is 0 Å². The number of piperazine rings is 1. The molecule has 3 rings (SSSR count). The molecule has 1 aliphatic heterocycles. The Bertz CT molecular complexity index is 711. The smallest absolute Gasteiger partial charge is 0.258 e. The molecule has 0 radical (unpaired) electrons. The van der Waals surface area contributed by atoms with Gasteiger partial charge in [-0.2, -0.15) is 0 Å². The molecule has 1 aliphatic rings. The van der Waals surface area contributed by atoms with Crippen LogP contribution in [-0.2, 0) is 0 Å². The monoisotopic (exact) mass is 287 g/mol. The maximum Gasteiger partial charge on any atom is 0.258 e. The van der Waals surface area contributed by atoms with Crippen molar-refractivity contribution in [3.8, 4) is 0 Å². The van der Waals surface area contributed by atoms with Crippen LogP contribution in [0.2, 0.25) is 0 Å². The van der Waals surface area contributed by atoms with Gasteiger partial charge in [0.15, 0.2) is 0 Å². The number of aromatic nitrogens is 2. The zero-order valence-electron chi connectivity index (χ0n) is 12.5. The third-order valence-corrected chi connectivity index (χ3v) is 4.30. The van der Waals surface area contributed by atoms with Gasteiger partial charge in [0.25, 0.3) is 5.56 Å². The fourth-order valence-corrected chi connectivity index (χ4v) is 3.08. The molecule has 0 amide bonds. The number of fused-ring (bicyclic) bond motifs is 1. The van der Waals surface area contributed by atoms with Crippen LogP contribution in [0.1, 0.15) is 13.8 Å². The highest BCUT2D eigenvalue weighted by molar-refractivity contribution is 5.88. The number of anilines is 2. The van der Waals surface area contributed by atoms with Crippen LogP contribution in [0, 0.1) is 0 Å². The van der Waals surface area contributed by atoms with Gasteiger partial charge in [0.05, 0.1) is 28.6 Å². The second kappa shape index (κ2) is 5.37. The number of H-pyrrole nitrogens is 1. The summed E-state index contributed by atoms with van der Waals surface area (Å²) in [6.07, 6.45) is 1.43. The Balaban J connectivity index is 1.98. The van der Waals surface area contributed by atoms with Crippen LogP contribution in [0.25, 0.3) is 10.9 Å². The van der Waals surface area contributed by atoms with Gasteiger partial charge in [0.1, 0.15) is 0 Å². The minimum absolute atomic E-state index is 0.151. The summed E-state index contributed by atoms with van der Waals surface area (Å²) < 4.78 is 0. The topological polar surface area (TPSA) is 78.2 Å². The fraction of sp³-hybridized carbons (Fsp3) is 0.467. The molecule has 21 heavy (non-hydrogen) atoms. The predicted molar refractivity (Wildman–Crippen MR) is 85.7 cm³/mol. The number of nitrogens with zero attached hydrogens (tertiary/aromatic N) is 3. The Labute approximate surface area is 123 Å². The molecule has 6 nitrogen and oxygen atoms in total. The van der Waals surface area contributed by atoms with Crippen molar-refractivity contribution in [1.29, 1.82) is 0 Å². The van der Waals surface area contributed by atoms with Gasteiger partial charge in [-0.05, 0) is 25.6 Å². The summed E-state index contributed by atoms with van der Waals surface area (Å²) in [5.41, 5.74) is 8.31. The van der Waals surface area contributed by atoms with Gasteiger partial charge in [0, 0.05) is 25.7 Å². The molecule has 1 aromatic heterocycles. The zero-order chi connectivity index (χ0) is 15.0. The second-order valence-electron chi connectivity index (χ2n) is 5.58. The van der Waals surface area contributed by atoms with Crippen LogP contribution < -0.4 is 16.2 Å². The van der Waals surface area contributed by atoms with Crippen LogP contribution in [0.4, 0.5) is 11.4 Å². The molecule has 1 aromatic carbocycles. The minimum Gasteiger partial charge on any atom is -0.397 e. The number of nitrogens with one attached hydrogen (secondary N) is 1. The van der Waals surface area contributed by atoms with Gasteiger partial charge in [-0.3, -0.25) is 9.69 Å². The van der Waals surface area contributed by atoms with Gasteiger partial charge < -0.3 is 15.6 Å². The van der Waals surface area contributed by atoms with E-state index in [4.69, 9.17) is 5.73 Å². The number of aromatic amines is 1. The average Bonchev–Trinajstić information content (AvgIpc) is 2.47. The molecule has 2 heterocycles.